The van der Waals surface area contributed by atoms with Crippen LogP contribution >= 0.6 is 0 Å². The van der Waals surface area contributed by atoms with Crippen LogP contribution in [-0.4, -0.2) is 47.6 Å². The van der Waals surface area contributed by atoms with Gasteiger partial charge in [-0.2, -0.15) is 5.26 Å². The van der Waals surface area contributed by atoms with Gasteiger partial charge in [0.25, 0.3) is 0 Å². The molecule has 0 amide bonds. The second-order valence-corrected chi connectivity index (χ2v) is 7.12. The molecule has 0 radical (unpaired) electrons. The van der Waals surface area contributed by atoms with Gasteiger partial charge in [-0.15, -0.1) is 0 Å². The molecule has 3 nitrogen and oxygen atoms in total. The van der Waals surface area contributed by atoms with E-state index in [1.165, 1.54) is 19.3 Å². The summed E-state index contributed by atoms with van der Waals surface area (Å²) < 4.78 is 0. The molecule has 2 rings (SSSR count). The summed E-state index contributed by atoms with van der Waals surface area (Å²) in [4.78, 5) is 5.00. The van der Waals surface area contributed by atoms with Crippen LogP contribution in [-0.2, 0) is 0 Å². The monoisotopic (exact) mass is 263 g/mol. The van der Waals surface area contributed by atoms with Crippen LogP contribution in [0.3, 0.4) is 0 Å². The third kappa shape index (κ3) is 3.30. The largest absolute Gasteiger partial charge is 0.298 e. The van der Waals surface area contributed by atoms with Crippen LogP contribution in [0, 0.1) is 23.2 Å². The summed E-state index contributed by atoms with van der Waals surface area (Å²) in [6.45, 7) is 13.2. The first-order chi connectivity index (χ1) is 8.94. The molecule has 0 spiro atoms. The van der Waals surface area contributed by atoms with Gasteiger partial charge in [0.15, 0.2) is 0 Å². The normalized spacial score (nSPS) is 35.0. The van der Waals surface area contributed by atoms with E-state index in [0.717, 1.165) is 44.1 Å². The van der Waals surface area contributed by atoms with Gasteiger partial charge in [0, 0.05) is 32.2 Å². The predicted molar refractivity (Wildman–Crippen MR) is 78.8 cm³/mol. The lowest BCUT2D eigenvalue weighted by Gasteiger charge is -2.45. The molecular weight excluding hydrogens is 234 g/mol. The van der Waals surface area contributed by atoms with Crippen LogP contribution in [0.1, 0.15) is 47.0 Å². The van der Waals surface area contributed by atoms with E-state index >= 15 is 0 Å². The van der Waals surface area contributed by atoms with Crippen molar-refractivity contribution in [2.24, 2.45) is 11.8 Å². The summed E-state index contributed by atoms with van der Waals surface area (Å²) >= 11 is 0. The highest BCUT2D eigenvalue weighted by molar-refractivity contribution is 5.03. The Morgan fingerprint density at radius 2 is 1.63 bits per heavy atom. The van der Waals surface area contributed by atoms with Crippen molar-refractivity contribution in [1.29, 1.82) is 5.26 Å². The SMILES string of the molecule is CC1CCC(N2CCN(C(C)(C)C#N)CC2)CC1C. The second-order valence-electron chi connectivity index (χ2n) is 7.12. The number of hydrogen-bond acceptors (Lipinski definition) is 3. The summed E-state index contributed by atoms with van der Waals surface area (Å²) in [6.07, 6.45) is 4.12. The van der Waals surface area contributed by atoms with E-state index in [0.29, 0.717) is 0 Å². The minimum Gasteiger partial charge on any atom is -0.298 e. The van der Waals surface area contributed by atoms with E-state index in [9.17, 15) is 5.26 Å². The van der Waals surface area contributed by atoms with Gasteiger partial charge in [0.1, 0.15) is 5.54 Å². The average Bonchev–Trinajstić information content (AvgIpc) is 2.42. The van der Waals surface area contributed by atoms with Gasteiger partial charge in [-0.3, -0.25) is 9.80 Å². The fraction of sp³-hybridized carbons (Fsp3) is 0.938. The minimum atomic E-state index is -0.305. The fourth-order valence-corrected chi connectivity index (χ4v) is 3.57. The van der Waals surface area contributed by atoms with Gasteiger partial charge in [0.2, 0.25) is 0 Å². The van der Waals surface area contributed by atoms with Crippen molar-refractivity contribution in [2.45, 2.75) is 58.5 Å². The molecular formula is C16H29N3. The molecule has 3 unspecified atom stereocenters. The summed E-state index contributed by atoms with van der Waals surface area (Å²) in [5.74, 6) is 1.77. The van der Waals surface area contributed by atoms with Crippen LogP contribution in [0.5, 0.6) is 0 Å². The van der Waals surface area contributed by atoms with Crippen LogP contribution in [0.25, 0.3) is 0 Å². The molecule has 3 atom stereocenters. The lowest BCUT2D eigenvalue weighted by atomic mass is 9.78. The van der Waals surface area contributed by atoms with Crippen molar-refractivity contribution in [3.05, 3.63) is 0 Å². The van der Waals surface area contributed by atoms with Crippen LogP contribution in [0.2, 0.25) is 0 Å². The van der Waals surface area contributed by atoms with Crippen LogP contribution in [0.15, 0.2) is 0 Å². The van der Waals surface area contributed by atoms with E-state index in [1.54, 1.807) is 0 Å². The molecule has 1 saturated carbocycles. The maximum absolute atomic E-state index is 9.22. The van der Waals surface area contributed by atoms with Gasteiger partial charge in [-0.05, 0) is 44.9 Å². The molecule has 2 aliphatic rings. The molecule has 0 aromatic heterocycles. The van der Waals surface area contributed by atoms with Crippen molar-refractivity contribution in [3.8, 4) is 6.07 Å². The number of nitriles is 1. The topological polar surface area (TPSA) is 30.3 Å². The zero-order chi connectivity index (χ0) is 14.0. The zero-order valence-corrected chi connectivity index (χ0v) is 13.0. The Morgan fingerprint density at radius 1 is 1.00 bits per heavy atom. The zero-order valence-electron chi connectivity index (χ0n) is 13.0. The summed E-state index contributed by atoms with van der Waals surface area (Å²) in [6, 6.07) is 3.22. The highest BCUT2D eigenvalue weighted by Gasteiger charge is 2.34. The molecule has 3 heteroatoms. The highest BCUT2D eigenvalue weighted by Crippen LogP contribution is 2.32. The molecule has 0 aromatic rings. The number of piperazine rings is 1. The summed E-state index contributed by atoms with van der Waals surface area (Å²) in [5, 5.41) is 9.22. The highest BCUT2D eigenvalue weighted by atomic mass is 15.3. The lowest BCUT2D eigenvalue weighted by molar-refractivity contribution is 0.0318. The molecule has 1 saturated heterocycles. The van der Waals surface area contributed by atoms with Gasteiger partial charge in [-0.1, -0.05) is 13.8 Å². The predicted octanol–water partition coefficient (Wildman–Crippen LogP) is 2.73. The molecule has 0 N–H and O–H groups in total. The average molecular weight is 263 g/mol. The third-order valence-corrected chi connectivity index (χ3v) is 5.47. The van der Waals surface area contributed by atoms with Gasteiger partial charge >= 0.3 is 0 Å². The first-order valence-electron chi connectivity index (χ1n) is 7.84. The van der Waals surface area contributed by atoms with Crippen molar-refractivity contribution < 1.29 is 0 Å². The Kier molecular flexibility index (Phi) is 4.53. The molecule has 2 fully saturated rings. The maximum Gasteiger partial charge on any atom is 0.103 e. The third-order valence-electron chi connectivity index (χ3n) is 5.47. The van der Waals surface area contributed by atoms with Crippen molar-refractivity contribution in [3.63, 3.8) is 0 Å². The number of rotatable bonds is 2. The van der Waals surface area contributed by atoms with Crippen molar-refractivity contribution in [1.82, 2.24) is 9.80 Å². The standard InChI is InChI=1S/C16H29N3/c1-13-5-6-15(11-14(13)2)18-7-9-19(10-8-18)16(3,4)12-17/h13-15H,5-11H2,1-4H3. The van der Waals surface area contributed by atoms with Gasteiger partial charge in [0.05, 0.1) is 6.07 Å². The molecule has 1 aliphatic heterocycles. The van der Waals surface area contributed by atoms with Gasteiger partial charge < -0.3 is 0 Å². The fourth-order valence-electron chi connectivity index (χ4n) is 3.57. The Hall–Kier alpha value is -0.590. The van der Waals surface area contributed by atoms with Crippen molar-refractivity contribution in [2.75, 3.05) is 26.2 Å². The lowest BCUT2D eigenvalue weighted by Crippen LogP contribution is -2.56. The van der Waals surface area contributed by atoms with E-state index in [1.807, 2.05) is 13.8 Å². The first-order valence-corrected chi connectivity index (χ1v) is 7.84. The minimum absolute atomic E-state index is 0.305. The summed E-state index contributed by atoms with van der Waals surface area (Å²) in [7, 11) is 0. The number of nitrogens with zero attached hydrogens (tertiary/aromatic N) is 3. The first kappa shape index (κ1) is 14.8. The van der Waals surface area contributed by atoms with E-state index in [2.05, 4.69) is 29.7 Å². The second kappa shape index (κ2) is 5.81. The molecule has 19 heavy (non-hydrogen) atoms. The van der Waals surface area contributed by atoms with Crippen molar-refractivity contribution >= 4 is 0 Å². The summed E-state index contributed by atoms with van der Waals surface area (Å²) in [5.41, 5.74) is -0.305. The van der Waals surface area contributed by atoms with E-state index in [-0.39, 0.29) is 5.54 Å². The number of hydrogen-bond donors (Lipinski definition) is 0. The quantitative estimate of drug-likeness (QED) is 0.767. The van der Waals surface area contributed by atoms with Crippen LogP contribution in [0.4, 0.5) is 0 Å². The van der Waals surface area contributed by atoms with Crippen LogP contribution < -0.4 is 0 Å². The molecule has 108 valence electrons. The molecule has 1 aliphatic carbocycles. The smallest absolute Gasteiger partial charge is 0.103 e. The van der Waals surface area contributed by atoms with E-state index < -0.39 is 0 Å². The Morgan fingerprint density at radius 3 is 2.16 bits per heavy atom. The molecule has 0 bridgehead atoms. The molecule has 0 aromatic carbocycles. The Labute approximate surface area is 118 Å². The maximum atomic E-state index is 9.22. The Bertz CT molecular complexity index is 336. The van der Waals surface area contributed by atoms with E-state index in [4.69, 9.17) is 0 Å². The van der Waals surface area contributed by atoms with Gasteiger partial charge in [-0.25, -0.2) is 0 Å². The molecule has 1 heterocycles. The Balaban J connectivity index is 1.86.